The lowest BCUT2D eigenvalue weighted by atomic mass is 9.89. The molecule has 0 unspecified atom stereocenters. The average molecular weight is 342 g/mol. The Morgan fingerprint density at radius 1 is 1.44 bits per heavy atom. The molecule has 2 amide bonds. The Labute approximate surface area is 146 Å². The van der Waals surface area contributed by atoms with Gasteiger partial charge in [-0.15, -0.1) is 0 Å². The van der Waals surface area contributed by atoms with Crippen LogP contribution in [0.4, 0.5) is 5.69 Å². The van der Waals surface area contributed by atoms with Crippen molar-refractivity contribution in [2.75, 3.05) is 19.0 Å². The minimum absolute atomic E-state index is 0.131. The quantitative estimate of drug-likeness (QED) is 0.867. The van der Waals surface area contributed by atoms with E-state index in [-0.39, 0.29) is 18.2 Å². The Hall–Kier alpha value is -2.83. The maximum absolute atomic E-state index is 12.6. The van der Waals surface area contributed by atoms with Gasteiger partial charge >= 0.3 is 0 Å². The molecule has 3 rings (SSSR count). The summed E-state index contributed by atoms with van der Waals surface area (Å²) in [6.45, 7) is 4.97. The molecule has 0 radical (unpaired) electrons. The van der Waals surface area contributed by atoms with Gasteiger partial charge in [-0.3, -0.25) is 14.3 Å². The van der Waals surface area contributed by atoms with Gasteiger partial charge in [-0.25, -0.2) is 0 Å². The highest BCUT2D eigenvalue weighted by atomic mass is 16.5. The number of hydrogen-bond acceptors (Lipinski definition) is 4. The summed E-state index contributed by atoms with van der Waals surface area (Å²) in [5.74, 6) is -0.299. The van der Waals surface area contributed by atoms with Crippen LogP contribution in [-0.4, -0.2) is 35.2 Å². The van der Waals surface area contributed by atoms with E-state index in [1.54, 1.807) is 13.2 Å². The summed E-state index contributed by atoms with van der Waals surface area (Å²) in [5, 5.41) is 10.1. The van der Waals surface area contributed by atoms with Crippen LogP contribution >= 0.6 is 0 Å². The predicted molar refractivity (Wildman–Crippen MR) is 93.7 cm³/mol. The summed E-state index contributed by atoms with van der Waals surface area (Å²) in [4.78, 5) is 24.6. The highest BCUT2D eigenvalue weighted by Crippen LogP contribution is 2.38. The molecule has 132 valence electrons. The van der Waals surface area contributed by atoms with Gasteiger partial charge in [-0.05, 0) is 31.5 Å². The number of carbonyl (C=O) groups excluding carboxylic acids is 2. The lowest BCUT2D eigenvalue weighted by Crippen LogP contribution is -2.36. The van der Waals surface area contributed by atoms with Crippen LogP contribution in [-0.2, 0) is 16.1 Å². The summed E-state index contributed by atoms with van der Waals surface area (Å²) >= 11 is 0. The lowest BCUT2D eigenvalue weighted by Gasteiger charge is -2.26. The van der Waals surface area contributed by atoms with Crippen LogP contribution < -0.4 is 15.4 Å². The maximum atomic E-state index is 12.6. The van der Waals surface area contributed by atoms with E-state index in [4.69, 9.17) is 4.74 Å². The van der Waals surface area contributed by atoms with E-state index >= 15 is 0 Å². The third-order valence-electron chi connectivity index (χ3n) is 4.35. The molecular formula is C18H22N4O3. The molecule has 0 fully saturated rings. The molecular weight excluding hydrogens is 320 g/mol. The minimum Gasteiger partial charge on any atom is -0.495 e. The number of ether oxygens (including phenoxy) is 1. The number of methoxy groups -OCH3 is 1. The van der Waals surface area contributed by atoms with Crippen molar-refractivity contribution in [1.82, 2.24) is 15.1 Å². The molecule has 2 N–H and O–H groups in total. The molecule has 0 saturated heterocycles. The molecule has 25 heavy (non-hydrogen) atoms. The summed E-state index contributed by atoms with van der Waals surface area (Å²) in [6.07, 6.45) is 0.131. The Bertz CT molecular complexity index is 813. The zero-order valence-electron chi connectivity index (χ0n) is 14.6. The Balaban J connectivity index is 1.70. The third-order valence-corrected chi connectivity index (χ3v) is 4.35. The summed E-state index contributed by atoms with van der Waals surface area (Å²) in [7, 11) is 1.54. The van der Waals surface area contributed by atoms with E-state index in [1.165, 1.54) is 0 Å². The first kappa shape index (κ1) is 17.0. The number of anilines is 1. The largest absolute Gasteiger partial charge is 0.495 e. The maximum Gasteiger partial charge on any atom is 0.228 e. The van der Waals surface area contributed by atoms with Crippen LogP contribution in [0.5, 0.6) is 5.75 Å². The minimum atomic E-state index is -0.515. The standard InChI is InChI=1S/C18H22N4O3/c1-11-9-12(2)22(21-11)8-7-19-18(24)14-10-16(23)20-17-13(14)5-4-6-15(17)25-3/h4-6,9,14H,7-8,10H2,1-3H3,(H,19,24)(H,20,23)/t14-/m0/s1. The second kappa shape index (κ2) is 6.96. The van der Waals surface area contributed by atoms with Crippen molar-refractivity contribution in [2.24, 2.45) is 0 Å². The van der Waals surface area contributed by atoms with Gasteiger partial charge in [0, 0.05) is 18.7 Å². The van der Waals surface area contributed by atoms with Gasteiger partial charge in [-0.2, -0.15) is 5.10 Å². The number of hydrogen-bond donors (Lipinski definition) is 2. The molecule has 1 aliphatic rings. The number of aryl methyl sites for hydroxylation is 2. The van der Waals surface area contributed by atoms with Gasteiger partial charge < -0.3 is 15.4 Å². The fourth-order valence-electron chi connectivity index (χ4n) is 3.17. The smallest absolute Gasteiger partial charge is 0.228 e. The Morgan fingerprint density at radius 2 is 2.24 bits per heavy atom. The highest BCUT2D eigenvalue weighted by Gasteiger charge is 2.32. The van der Waals surface area contributed by atoms with Crippen molar-refractivity contribution in [3.63, 3.8) is 0 Å². The molecule has 1 aromatic carbocycles. The van der Waals surface area contributed by atoms with Crippen molar-refractivity contribution in [1.29, 1.82) is 0 Å². The zero-order chi connectivity index (χ0) is 18.0. The fourth-order valence-corrected chi connectivity index (χ4v) is 3.17. The predicted octanol–water partition coefficient (Wildman–Crippen LogP) is 1.75. The number of aromatic nitrogens is 2. The van der Waals surface area contributed by atoms with E-state index in [9.17, 15) is 9.59 Å². The first-order chi connectivity index (χ1) is 12.0. The Kier molecular flexibility index (Phi) is 4.74. The summed E-state index contributed by atoms with van der Waals surface area (Å²) < 4.78 is 7.15. The van der Waals surface area contributed by atoms with Gasteiger partial charge in [0.2, 0.25) is 11.8 Å². The van der Waals surface area contributed by atoms with Gasteiger partial charge in [0.15, 0.2) is 0 Å². The number of nitrogens with one attached hydrogen (secondary N) is 2. The molecule has 0 spiro atoms. The van der Waals surface area contributed by atoms with Crippen molar-refractivity contribution < 1.29 is 14.3 Å². The van der Waals surface area contributed by atoms with Gasteiger partial charge in [0.25, 0.3) is 0 Å². The normalized spacial score (nSPS) is 16.1. The van der Waals surface area contributed by atoms with Crippen LogP contribution in [0, 0.1) is 13.8 Å². The number of para-hydroxylation sites is 1. The number of amides is 2. The van der Waals surface area contributed by atoms with Crippen LogP contribution in [0.2, 0.25) is 0 Å². The van der Waals surface area contributed by atoms with E-state index in [0.29, 0.717) is 24.5 Å². The number of fused-ring (bicyclic) bond motifs is 1. The molecule has 0 aliphatic carbocycles. The molecule has 0 saturated carbocycles. The van der Waals surface area contributed by atoms with Crippen LogP contribution in [0.3, 0.4) is 0 Å². The van der Waals surface area contributed by atoms with Crippen LogP contribution in [0.1, 0.15) is 29.3 Å². The van der Waals surface area contributed by atoms with Crippen molar-refractivity contribution >= 4 is 17.5 Å². The molecule has 1 aromatic heterocycles. The Morgan fingerprint density at radius 3 is 2.92 bits per heavy atom. The molecule has 1 aliphatic heterocycles. The SMILES string of the molecule is COc1cccc2c1NC(=O)C[C@@H]2C(=O)NCCn1nc(C)cc1C. The van der Waals surface area contributed by atoms with Crippen LogP contribution in [0.25, 0.3) is 0 Å². The third kappa shape index (κ3) is 3.50. The zero-order valence-corrected chi connectivity index (χ0v) is 14.6. The highest BCUT2D eigenvalue weighted by molar-refractivity contribution is 6.02. The molecule has 2 aromatic rings. The van der Waals surface area contributed by atoms with E-state index in [0.717, 1.165) is 17.0 Å². The molecule has 7 nitrogen and oxygen atoms in total. The lowest BCUT2D eigenvalue weighted by molar-refractivity contribution is -0.126. The fraction of sp³-hybridized carbons (Fsp3) is 0.389. The van der Waals surface area contributed by atoms with Crippen molar-refractivity contribution in [3.05, 3.63) is 41.2 Å². The van der Waals surface area contributed by atoms with Crippen molar-refractivity contribution in [3.8, 4) is 5.75 Å². The van der Waals surface area contributed by atoms with Gasteiger partial charge in [0.05, 0.1) is 31.0 Å². The van der Waals surface area contributed by atoms with Crippen LogP contribution in [0.15, 0.2) is 24.3 Å². The molecule has 0 bridgehead atoms. The average Bonchev–Trinajstić information content (AvgIpc) is 2.91. The first-order valence-corrected chi connectivity index (χ1v) is 8.25. The first-order valence-electron chi connectivity index (χ1n) is 8.25. The van der Waals surface area contributed by atoms with E-state index in [1.807, 2.05) is 36.7 Å². The second-order valence-electron chi connectivity index (χ2n) is 6.17. The molecule has 7 heteroatoms. The topological polar surface area (TPSA) is 85.2 Å². The monoisotopic (exact) mass is 342 g/mol. The van der Waals surface area contributed by atoms with E-state index in [2.05, 4.69) is 15.7 Å². The molecule has 2 heterocycles. The molecule has 1 atom stereocenters. The number of nitrogens with zero attached hydrogens (tertiary/aromatic N) is 2. The number of benzene rings is 1. The number of rotatable bonds is 5. The second-order valence-corrected chi connectivity index (χ2v) is 6.17. The van der Waals surface area contributed by atoms with Crippen molar-refractivity contribution in [2.45, 2.75) is 32.7 Å². The van der Waals surface area contributed by atoms with Gasteiger partial charge in [-0.1, -0.05) is 12.1 Å². The number of carbonyl (C=O) groups is 2. The summed E-state index contributed by atoms with van der Waals surface area (Å²) in [5.41, 5.74) is 3.37. The van der Waals surface area contributed by atoms with E-state index < -0.39 is 5.92 Å². The van der Waals surface area contributed by atoms with Gasteiger partial charge in [0.1, 0.15) is 5.75 Å². The summed E-state index contributed by atoms with van der Waals surface area (Å²) in [6, 6.07) is 7.44.